The molecule has 1 rings (SSSR count). The molecular formula is C8H12O3. The summed E-state index contributed by atoms with van der Waals surface area (Å²) in [6.45, 7) is 4.70. The van der Waals surface area contributed by atoms with Gasteiger partial charge in [0.05, 0.1) is 5.41 Å². The van der Waals surface area contributed by atoms with E-state index in [2.05, 4.69) is 0 Å². The largest absolute Gasteiger partial charge is 0.385 e. The number of hydrogen-bond acceptors (Lipinski definition) is 3. The van der Waals surface area contributed by atoms with Crippen LogP contribution in [0.5, 0.6) is 0 Å². The minimum absolute atomic E-state index is 0.157. The molecule has 3 nitrogen and oxygen atoms in total. The SMILES string of the molecule is CC1C(=O)C(C)(C)C(=O)C1O. The Hall–Kier alpha value is -0.700. The Morgan fingerprint density at radius 1 is 1.27 bits per heavy atom. The minimum Gasteiger partial charge on any atom is -0.385 e. The third-order valence-electron chi connectivity index (χ3n) is 2.39. The smallest absolute Gasteiger partial charge is 0.174 e. The van der Waals surface area contributed by atoms with Gasteiger partial charge in [-0.1, -0.05) is 6.92 Å². The van der Waals surface area contributed by atoms with E-state index in [1.54, 1.807) is 20.8 Å². The molecule has 0 saturated heterocycles. The van der Waals surface area contributed by atoms with Crippen molar-refractivity contribution in [2.24, 2.45) is 11.3 Å². The molecule has 1 aliphatic carbocycles. The molecule has 1 saturated carbocycles. The van der Waals surface area contributed by atoms with Crippen molar-refractivity contribution in [2.75, 3.05) is 0 Å². The first kappa shape index (κ1) is 8.40. The van der Waals surface area contributed by atoms with E-state index >= 15 is 0 Å². The molecule has 0 radical (unpaired) electrons. The maximum Gasteiger partial charge on any atom is 0.174 e. The molecule has 0 aliphatic heterocycles. The van der Waals surface area contributed by atoms with Gasteiger partial charge in [0.25, 0.3) is 0 Å². The van der Waals surface area contributed by atoms with Gasteiger partial charge in [-0.15, -0.1) is 0 Å². The molecule has 1 N–H and O–H groups in total. The second-order valence-corrected chi connectivity index (χ2v) is 3.59. The predicted molar refractivity (Wildman–Crippen MR) is 39.0 cm³/mol. The van der Waals surface area contributed by atoms with Gasteiger partial charge in [0.1, 0.15) is 6.10 Å². The average Bonchev–Trinajstić information content (AvgIpc) is 2.06. The van der Waals surface area contributed by atoms with E-state index in [0.717, 1.165) is 0 Å². The molecule has 0 bridgehead atoms. The zero-order valence-electron chi connectivity index (χ0n) is 6.92. The van der Waals surface area contributed by atoms with E-state index in [9.17, 15) is 14.7 Å². The third kappa shape index (κ3) is 0.913. The summed E-state index contributed by atoms with van der Waals surface area (Å²) in [4.78, 5) is 22.4. The summed E-state index contributed by atoms with van der Waals surface area (Å²) in [5.41, 5.74) is -0.973. The van der Waals surface area contributed by atoms with Crippen LogP contribution in [0, 0.1) is 11.3 Å². The third-order valence-corrected chi connectivity index (χ3v) is 2.39. The zero-order chi connectivity index (χ0) is 8.81. The summed E-state index contributed by atoms with van der Waals surface area (Å²) in [7, 11) is 0. The Kier molecular flexibility index (Phi) is 1.63. The van der Waals surface area contributed by atoms with Crippen LogP contribution < -0.4 is 0 Å². The van der Waals surface area contributed by atoms with Crippen molar-refractivity contribution in [2.45, 2.75) is 26.9 Å². The highest BCUT2D eigenvalue weighted by Crippen LogP contribution is 2.34. The Morgan fingerprint density at radius 3 is 1.82 bits per heavy atom. The molecule has 0 aromatic heterocycles. The van der Waals surface area contributed by atoms with Crippen LogP contribution in [0.15, 0.2) is 0 Å². The van der Waals surface area contributed by atoms with Crippen LogP contribution in [0.3, 0.4) is 0 Å². The number of Topliss-reactive ketones (excluding diaryl/α,β-unsaturated/α-hetero) is 2. The summed E-state index contributed by atoms with van der Waals surface area (Å²) in [6, 6.07) is 0. The van der Waals surface area contributed by atoms with Crippen molar-refractivity contribution < 1.29 is 14.7 Å². The molecule has 3 heteroatoms. The normalized spacial score (nSPS) is 36.4. The topological polar surface area (TPSA) is 54.4 Å². The van der Waals surface area contributed by atoms with Gasteiger partial charge >= 0.3 is 0 Å². The molecule has 62 valence electrons. The van der Waals surface area contributed by atoms with Crippen LogP contribution in [0.1, 0.15) is 20.8 Å². The van der Waals surface area contributed by atoms with Crippen LogP contribution >= 0.6 is 0 Å². The highest BCUT2D eigenvalue weighted by Gasteiger charge is 2.51. The summed E-state index contributed by atoms with van der Waals surface area (Å²) < 4.78 is 0. The van der Waals surface area contributed by atoms with Gasteiger partial charge in [-0.05, 0) is 13.8 Å². The molecule has 2 atom stereocenters. The Labute approximate surface area is 65.4 Å². The molecule has 1 fully saturated rings. The lowest BCUT2D eigenvalue weighted by molar-refractivity contribution is -0.135. The van der Waals surface area contributed by atoms with Crippen molar-refractivity contribution in [1.29, 1.82) is 0 Å². The van der Waals surface area contributed by atoms with Crippen molar-refractivity contribution in [3.8, 4) is 0 Å². The highest BCUT2D eigenvalue weighted by molar-refractivity contribution is 6.15. The summed E-state index contributed by atoms with van der Waals surface area (Å²) in [6.07, 6.45) is -1.09. The highest BCUT2D eigenvalue weighted by atomic mass is 16.3. The van der Waals surface area contributed by atoms with Gasteiger partial charge in [-0.2, -0.15) is 0 Å². The van der Waals surface area contributed by atoms with Gasteiger partial charge in [0.2, 0.25) is 0 Å². The average molecular weight is 156 g/mol. The maximum absolute atomic E-state index is 11.3. The fourth-order valence-electron chi connectivity index (χ4n) is 1.43. The zero-order valence-corrected chi connectivity index (χ0v) is 6.92. The number of aliphatic hydroxyl groups excluding tert-OH is 1. The quantitative estimate of drug-likeness (QED) is 0.508. The first-order chi connectivity index (χ1) is 4.89. The van der Waals surface area contributed by atoms with Crippen LogP contribution in [0.4, 0.5) is 0 Å². The summed E-state index contributed by atoms with van der Waals surface area (Å²) in [5, 5.41) is 9.20. The fourth-order valence-corrected chi connectivity index (χ4v) is 1.43. The van der Waals surface area contributed by atoms with Crippen LogP contribution in [-0.4, -0.2) is 22.8 Å². The van der Waals surface area contributed by atoms with Crippen molar-refractivity contribution >= 4 is 11.6 Å². The van der Waals surface area contributed by atoms with E-state index in [1.807, 2.05) is 0 Å². The number of carbonyl (C=O) groups is 2. The van der Waals surface area contributed by atoms with Crippen molar-refractivity contribution in [3.05, 3.63) is 0 Å². The van der Waals surface area contributed by atoms with E-state index < -0.39 is 17.4 Å². The summed E-state index contributed by atoms with van der Waals surface area (Å²) in [5.74, 6) is -1.04. The monoisotopic (exact) mass is 156 g/mol. The molecule has 0 heterocycles. The first-order valence-corrected chi connectivity index (χ1v) is 3.65. The standard InChI is InChI=1S/C8H12O3/c1-4-5(9)7(11)8(2,3)6(4)10/h4-5,9H,1-3H3. The molecular weight excluding hydrogens is 144 g/mol. The van der Waals surface area contributed by atoms with E-state index in [1.165, 1.54) is 0 Å². The van der Waals surface area contributed by atoms with Gasteiger partial charge < -0.3 is 5.11 Å². The minimum atomic E-state index is -1.09. The molecule has 1 aliphatic rings. The Morgan fingerprint density at radius 2 is 1.73 bits per heavy atom. The van der Waals surface area contributed by atoms with Gasteiger partial charge in [-0.25, -0.2) is 0 Å². The van der Waals surface area contributed by atoms with Gasteiger partial charge in [0, 0.05) is 5.92 Å². The number of ketones is 2. The Bertz CT molecular complexity index is 195. The fraction of sp³-hybridized carbons (Fsp3) is 0.750. The molecule has 0 aromatic carbocycles. The molecule has 0 aromatic rings. The van der Waals surface area contributed by atoms with Crippen LogP contribution in [0.2, 0.25) is 0 Å². The van der Waals surface area contributed by atoms with E-state index in [-0.39, 0.29) is 11.6 Å². The predicted octanol–water partition coefficient (Wildman–Crippen LogP) is 0.161. The van der Waals surface area contributed by atoms with Crippen LogP contribution in [-0.2, 0) is 9.59 Å². The number of carbonyl (C=O) groups excluding carboxylic acids is 2. The molecule has 11 heavy (non-hydrogen) atoms. The van der Waals surface area contributed by atoms with E-state index in [4.69, 9.17) is 0 Å². The number of aliphatic hydroxyl groups is 1. The second-order valence-electron chi connectivity index (χ2n) is 3.59. The lowest BCUT2D eigenvalue weighted by Crippen LogP contribution is -2.28. The van der Waals surface area contributed by atoms with Crippen LogP contribution in [0.25, 0.3) is 0 Å². The lowest BCUT2D eigenvalue weighted by atomic mass is 9.88. The number of hydrogen-bond donors (Lipinski definition) is 1. The van der Waals surface area contributed by atoms with E-state index in [0.29, 0.717) is 0 Å². The second kappa shape index (κ2) is 2.14. The van der Waals surface area contributed by atoms with Gasteiger partial charge in [0.15, 0.2) is 11.6 Å². The molecule has 0 spiro atoms. The van der Waals surface area contributed by atoms with Crippen molar-refractivity contribution in [1.82, 2.24) is 0 Å². The molecule has 0 amide bonds. The molecule has 2 unspecified atom stereocenters. The summed E-state index contributed by atoms with van der Waals surface area (Å²) >= 11 is 0. The first-order valence-electron chi connectivity index (χ1n) is 3.65. The maximum atomic E-state index is 11.3. The Balaban J connectivity index is 3.06. The van der Waals surface area contributed by atoms with Crippen molar-refractivity contribution in [3.63, 3.8) is 0 Å². The number of rotatable bonds is 0. The van der Waals surface area contributed by atoms with Gasteiger partial charge in [-0.3, -0.25) is 9.59 Å². The lowest BCUT2D eigenvalue weighted by Gasteiger charge is -2.11.